The molecule has 1 atom stereocenters. The van der Waals surface area contributed by atoms with Gasteiger partial charge in [0, 0.05) is 31.2 Å². The second-order valence-electron chi connectivity index (χ2n) is 6.32. The van der Waals surface area contributed by atoms with Crippen molar-refractivity contribution in [1.29, 1.82) is 0 Å². The van der Waals surface area contributed by atoms with Crippen LogP contribution in [0.4, 0.5) is 5.69 Å². The number of carbonyl (C=O) groups is 2. The van der Waals surface area contributed by atoms with Crippen LogP contribution in [-0.4, -0.2) is 36.3 Å². The minimum Gasteiger partial charge on any atom is -0.342 e. The first-order valence-corrected chi connectivity index (χ1v) is 8.36. The van der Waals surface area contributed by atoms with Crippen LogP contribution in [0.3, 0.4) is 0 Å². The number of hydrogen-bond acceptors (Lipinski definition) is 2. The molecule has 2 aliphatic rings. The minimum absolute atomic E-state index is 0.0587. The Hall–Kier alpha value is -1.84. The number of anilines is 1. The first-order valence-electron chi connectivity index (χ1n) is 8.36. The summed E-state index contributed by atoms with van der Waals surface area (Å²) in [6.07, 6.45) is 3.87. The second-order valence-corrected chi connectivity index (χ2v) is 6.32. The van der Waals surface area contributed by atoms with Gasteiger partial charge in [0.2, 0.25) is 11.8 Å². The fraction of sp³-hybridized carbons (Fsp3) is 0.556. The van der Waals surface area contributed by atoms with Crippen LogP contribution in [-0.2, 0) is 9.59 Å². The predicted molar refractivity (Wildman–Crippen MR) is 86.5 cm³/mol. The van der Waals surface area contributed by atoms with Gasteiger partial charge < -0.3 is 9.80 Å². The Balaban J connectivity index is 1.68. The number of para-hydroxylation sites is 1. The van der Waals surface area contributed by atoms with E-state index in [0.29, 0.717) is 13.1 Å². The largest absolute Gasteiger partial charge is 0.342 e. The first-order chi connectivity index (χ1) is 10.7. The third-order valence-electron chi connectivity index (χ3n) is 4.66. The highest BCUT2D eigenvalue weighted by molar-refractivity contribution is 5.95. The van der Waals surface area contributed by atoms with E-state index in [9.17, 15) is 9.59 Å². The van der Waals surface area contributed by atoms with Crippen LogP contribution in [0.2, 0.25) is 0 Å². The maximum Gasteiger partial charge on any atom is 0.231 e. The summed E-state index contributed by atoms with van der Waals surface area (Å²) in [5.74, 6) is 0.601. The highest BCUT2D eigenvalue weighted by atomic mass is 16.2. The Kier molecular flexibility index (Phi) is 4.46. The van der Waals surface area contributed by atoms with Crippen molar-refractivity contribution in [3.63, 3.8) is 0 Å². The summed E-state index contributed by atoms with van der Waals surface area (Å²) < 4.78 is 0. The van der Waals surface area contributed by atoms with Crippen molar-refractivity contribution in [1.82, 2.24) is 4.90 Å². The predicted octanol–water partition coefficient (Wildman–Crippen LogP) is 2.69. The Bertz CT molecular complexity index is 539. The van der Waals surface area contributed by atoms with E-state index in [-0.39, 0.29) is 23.7 Å². The van der Waals surface area contributed by atoms with Crippen LogP contribution in [0, 0.1) is 11.8 Å². The third-order valence-corrected chi connectivity index (χ3v) is 4.66. The molecule has 1 saturated heterocycles. The third kappa shape index (κ3) is 3.16. The molecule has 4 nitrogen and oxygen atoms in total. The molecule has 1 aliphatic heterocycles. The highest BCUT2D eigenvalue weighted by Gasteiger charge is 2.37. The summed E-state index contributed by atoms with van der Waals surface area (Å²) in [7, 11) is 0. The molecule has 1 aromatic rings. The van der Waals surface area contributed by atoms with Gasteiger partial charge in [0.15, 0.2) is 0 Å². The van der Waals surface area contributed by atoms with Gasteiger partial charge in [0.25, 0.3) is 0 Å². The molecule has 1 heterocycles. The summed E-state index contributed by atoms with van der Waals surface area (Å²) in [5.41, 5.74) is 0.945. The van der Waals surface area contributed by atoms with Gasteiger partial charge >= 0.3 is 0 Å². The van der Waals surface area contributed by atoms with E-state index < -0.39 is 0 Å². The summed E-state index contributed by atoms with van der Waals surface area (Å²) in [6.45, 7) is 4.07. The quantitative estimate of drug-likeness (QED) is 0.858. The van der Waals surface area contributed by atoms with E-state index in [2.05, 4.69) is 0 Å². The maximum atomic E-state index is 12.9. The van der Waals surface area contributed by atoms with Gasteiger partial charge in [-0.25, -0.2) is 0 Å². The van der Waals surface area contributed by atoms with E-state index >= 15 is 0 Å². The van der Waals surface area contributed by atoms with E-state index in [4.69, 9.17) is 0 Å². The molecule has 1 aliphatic carbocycles. The van der Waals surface area contributed by atoms with Crippen LogP contribution < -0.4 is 4.90 Å². The molecule has 0 aromatic heterocycles. The van der Waals surface area contributed by atoms with Crippen molar-refractivity contribution >= 4 is 17.5 Å². The molecule has 0 radical (unpaired) electrons. The van der Waals surface area contributed by atoms with Crippen molar-refractivity contribution in [2.75, 3.05) is 24.5 Å². The topological polar surface area (TPSA) is 40.6 Å². The van der Waals surface area contributed by atoms with Crippen LogP contribution in [0.15, 0.2) is 30.3 Å². The monoisotopic (exact) mass is 300 g/mol. The first kappa shape index (κ1) is 15.1. The average Bonchev–Trinajstić information content (AvgIpc) is 3.41. The summed E-state index contributed by atoms with van der Waals surface area (Å²) in [6, 6.07) is 9.80. The molecule has 3 rings (SSSR count). The zero-order chi connectivity index (χ0) is 15.5. The molecule has 0 spiro atoms. The number of carbonyl (C=O) groups excluding carboxylic acids is 2. The fourth-order valence-corrected chi connectivity index (χ4v) is 3.26. The Labute approximate surface area is 132 Å². The Morgan fingerprint density at radius 3 is 2.50 bits per heavy atom. The van der Waals surface area contributed by atoms with Crippen LogP contribution in [0.25, 0.3) is 0 Å². The van der Waals surface area contributed by atoms with Crippen molar-refractivity contribution in [3.05, 3.63) is 30.3 Å². The smallest absolute Gasteiger partial charge is 0.231 e. The van der Waals surface area contributed by atoms with Gasteiger partial charge in [-0.3, -0.25) is 9.59 Å². The Morgan fingerprint density at radius 2 is 1.86 bits per heavy atom. The number of piperidine rings is 1. The molecule has 2 amide bonds. The highest BCUT2D eigenvalue weighted by Crippen LogP contribution is 2.33. The average molecular weight is 300 g/mol. The number of likely N-dealkylation sites (tertiary alicyclic amines) is 1. The molecule has 1 aromatic carbocycles. The number of benzene rings is 1. The van der Waals surface area contributed by atoms with Crippen LogP contribution >= 0.6 is 0 Å². The zero-order valence-corrected chi connectivity index (χ0v) is 13.2. The van der Waals surface area contributed by atoms with Crippen LogP contribution in [0.5, 0.6) is 0 Å². The standard InChI is InChI=1S/C18H24N2O2/c1-2-20(16-8-4-3-5-9-16)18(22)15-7-6-12-19(13-15)17(21)14-10-11-14/h3-5,8-9,14-15H,2,6-7,10-13H2,1H3/t15-/m1/s1. The van der Waals surface area contributed by atoms with E-state index in [1.54, 1.807) is 0 Å². The molecular formula is C18H24N2O2. The van der Waals surface area contributed by atoms with Gasteiger partial charge in [-0.15, -0.1) is 0 Å². The van der Waals surface area contributed by atoms with Crippen molar-refractivity contribution < 1.29 is 9.59 Å². The molecule has 118 valence electrons. The normalized spacial score (nSPS) is 21.5. The fourth-order valence-electron chi connectivity index (χ4n) is 3.26. The Morgan fingerprint density at radius 1 is 1.14 bits per heavy atom. The molecule has 4 heteroatoms. The summed E-state index contributed by atoms with van der Waals surface area (Å²) in [4.78, 5) is 28.9. The molecule has 0 unspecified atom stereocenters. The lowest BCUT2D eigenvalue weighted by Gasteiger charge is -2.35. The van der Waals surface area contributed by atoms with Gasteiger partial charge in [0.05, 0.1) is 5.92 Å². The number of hydrogen-bond donors (Lipinski definition) is 0. The number of rotatable bonds is 4. The van der Waals surface area contributed by atoms with Gasteiger partial charge in [-0.1, -0.05) is 18.2 Å². The lowest BCUT2D eigenvalue weighted by atomic mass is 9.95. The zero-order valence-electron chi connectivity index (χ0n) is 13.2. The molecular weight excluding hydrogens is 276 g/mol. The molecule has 22 heavy (non-hydrogen) atoms. The maximum absolute atomic E-state index is 12.9. The van der Waals surface area contributed by atoms with Crippen molar-refractivity contribution in [2.45, 2.75) is 32.6 Å². The second kappa shape index (κ2) is 6.51. The molecule has 0 N–H and O–H groups in total. The van der Waals surface area contributed by atoms with Crippen molar-refractivity contribution in [2.24, 2.45) is 11.8 Å². The number of nitrogens with zero attached hydrogens (tertiary/aromatic N) is 2. The van der Waals surface area contributed by atoms with Crippen LogP contribution in [0.1, 0.15) is 32.6 Å². The van der Waals surface area contributed by atoms with E-state index in [1.807, 2.05) is 47.1 Å². The molecule has 2 fully saturated rings. The molecule has 1 saturated carbocycles. The summed E-state index contributed by atoms with van der Waals surface area (Å²) in [5, 5.41) is 0. The van der Waals surface area contributed by atoms with E-state index in [0.717, 1.165) is 37.9 Å². The number of amides is 2. The van der Waals surface area contributed by atoms with Gasteiger partial charge in [0.1, 0.15) is 0 Å². The lowest BCUT2D eigenvalue weighted by molar-refractivity contribution is -0.136. The SMILES string of the molecule is CCN(C(=O)[C@@H]1CCCN(C(=O)C2CC2)C1)c1ccccc1. The van der Waals surface area contributed by atoms with E-state index in [1.165, 1.54) is 0 Å². The van der Waals surface area contributed by atoms with Gasteiger partial charge in [-0.2, -0.15) is 0 Å². The minimum atomic E-state index is -0.0587. The summed E-state index contributed by atoms with van der Waals surface area (Å²) >= 11 is 0. The van der Waals surface area contributed by atoms with Crippen molar-refractivity contribution in [3.8, 4) is 0 Å². The molecule has 0 bridgehead atoms. The van der Waals surface area contributed by atoms with Gasteiger partial charge in [-0.05, 0) is 44.7 Å². The lowest BCUT2D eigenvalue weighted by Crippen LogP contribution is -2.47.